The number of fused-ring (bicyclic) bond motifs is 1. The zero-order chi connectivity index (χ0) is 18.4. The van der Waals surface area contributed by atoms with Crippen LogP contribution in [0.2, 0.25) is 0 Å². The highest BCUT2D eigenvalue weighted by Gasteiger charge is 2.23. The predicted molar refractivity (Wildman–Crippen MR) is 102 cm³/mol. The van der Waals surface area contributed by atoms with Crippen molar-refractivity contribution in [3.63, 3.8) is 0 Å². The monoisotopic (exact) mass is 357 g/mol. The average Bonchev–Trinajstić information content (AvgIpc) is 3.35. The smallest absolute Gasteiger partial charge is 0.246 e. The zero-order valence-corrected chi connectivity index (χ0v) is 15.3. The van der Waals surface area contributed by atoms with Crippen molar-refractivity contribution in [2.75, 3.05) is 32.1 Å². The summed E-state index contributed by atoms with van der Waals surface area (Å²) in [7, 11) is 1.76. The first-order chi connectivity index (χ1) is 12.7. The van der Waals surface area contributed by atoms with E-state index in [1.54, 1.807) is 7.11 Å². The van der Waals surface area contributed by atoms with Crippen molar-refractivity contribution in [3.05, 3.63) is 31.2 Å². The first kappa shape index (κ1) is 18.4. The lowest BCUT2D eigenvalue weighted by Gasteiger charge is -2.32. The summed E-state index contributed by atoms with van der Waals surface area (Å²) in [6, 6.07) is 2.16. The highest BCUT2D eigenvalue weighted by molar-refractivity contribution is 5.88. The first-order valence-corrected chi connectivity index (χ1v) is 9.16. The number of hydrogen-bond donors (Lipinski definition) is 2. The molecular formula is C19H27N5O2. The molecule has 1 amide bonds. The summed E-state index contributed by atoms with van der Waals surface area (Å²) in [5.41, 5.74) is 0.817. The number of piperidine rings is 1. The molecule has 2 fully saturated rings. The number of nitrogens with one attached hydrogen (secondary N) is 2. The number of methoxy groups -OCH3 is 1. The van der Waals surface area contributed by atoms with E-state index in [1.165, 1.54) is 25.2 Å². The van der Waals surface area contributed by atoms with Gasteiger partial charge in [0.2, 0.25) is 5.91 Å². The maximum Gasteiger partial charge on any atom is 0.246 e. The molecule has 0 radical (unpaired) electrons. The van der Waals surface area contributed by atoms with Crippen LogP contribution in [0.15, 0.2) is 31.2 Å². The summed E-state index contributed by atoms with van der Waals surface area (Å²) in [4.78, 5) is 25.0. The molecule has 140 valence electrons. The number of aromatic nitrogens is 3. The van der Waals surface area contributed by atoms with Crippen LogP contribution in [0.3, 0.4) is 0 Å². The van der Waals surface area contributed by atoms with Crippen LogP contribution in [0.25, 0.3) is 11.0 Å². The maximum atomic E-state index is 11.7. The van der Waals surface area contributed by atoms with Crippen LogP contribution >= 0.6 is 0 Å². The first-order valence-electron chi connectivity index (χ1n) is 9.16. The summed E-state index contributed by atoms with van der Waals surface area (Å²) in [5, 5.41) is 4.39. The molecule has 2 aromatic rings. The fourth-order valence-electron chi connectivity index (χ4n) is 3.13. The van der Waals surface area contributed by atoms with Gasteiger partial charge in [-0.15, -0.1) is 0 Å². The Hall–Kier alpha value is -2.41. The minimum absolute atomic E-state index is 0.00835. The van der Waals surface area contributed by atoms with Gasteiger partial charge in [-0.05, 0) is 43.7 Å². The molecule has 7 nitrogen and oxygen atoms in total. The van der Waals surface area contributed by atoms with Gasteiger partial charge in [0.05, 0.1) is 5.39 Å². The Morgan fingerprint density at radius 3 is 3.00 bits per heavy atom. The Kier molecular flexibility index (Phi) is 6.22. The van der Waals surface area contributed by atoms with E-state index in [2.05, 4.69) is 26.8 Å². The molecule has 0 aromatic carbocycles. The van der Waals surface area contributed by atoms with Gasteiger partial charge in [0.15, 0.2) is 0 Å². The molecule has 1 saturated heterocycles. The second-order valence-corrected chi connectivity index (χ2v) is 6.83. The molecule has 3 heterocycles. The molecule has 1 atom stereocenters. The van der Waals surface area contributed by atoms with Gasteiger partial charge in [-0.1, -0.05) is 6.58 Å². The van der Waals surface area contributed by atoms with Gasteiger partial charge in [-0.2, -0.15) is 0 Å². The van der Waals surface area contributed by atoms with Crippen LogP contribution < -0.4 is 5.32 Å². The van der Waals surface area contributed by atoms with Crippen LogP contribution in [0.5, 0.6) is 0 Å². The fraction of sp³-hybridized carbons (Fsp3) is 0.526. The van der Waals surface area contributed by atoms with Crippen LogP contribution in [-0.2, 0) is 9.53 Å². The Morgan fingerprint density at radius 1 is 1.46 bits per heavy atom. The molecule has 0 spiro atoms. The molecule has 0 bridgehead atoms. The third kappa shape index (κ3) is 4.82. The molecule has 1 aliphatic heterocycles. The fourth-order valence-corrected chi connectivity index (χ4v) is 3.13. The minimum atomic E-state index is -0.00835. The van der Waals surface area contributed by atoms with Crippen LogP contribution in [0, 0.1) is 5.92 Å². The number of likely N-dealkylation sites (tertiary alicyclic amines) is 1. The Morgan fingerprint density at radius 2 is 2.31 bits per heavy atom. The van der Waals surface area contributed by atoms with E-state index in [4.69, 9.17) is 4.74 Å². The number of carbonyl (C=O) groups is 1. The van der Waals surface area contributed by atoms with Gasteiger partial charge < -0.3 is 19.9 Å². The molecular weight excluding hydrogens is 330 g/mol. The molecule has 2 N–H and O–H groups in total. The quantitative estimate of drug-likeness (QED) is 0.804. The largest absolute Gasteiger partial charge is 0.384 e. The standard InChI is InChI=1S/C14H17N5O.C5H10O/c1-2-12(20)19-7-3-4-10(8-19)18-14-11-5-6-15-13(11)16-9-17-14;1-6-4-5-2-3-5/h2,5-6,9-10H,1,3-4,7-8H2,(H2,15,16,17,18);5H,2-4H2,1H3. The summed E-state index contributed by atoms with van der Waals surface area (Å²) in [6.07, 6.45) is 9.56. The van der Waals surface area contributed by atoms with E-state index >= 15 is 0 Å². The molecule has 2 aromatic heterocycles. The minimum Gasteiger partial charge on any atom is -0.384 e. The number of H-pyrrole nitrogens is 1. The molecule has 1 unspecified atom stereocenters. The molecule has 1 aliphatic carbocycles. The average molecular weight is 357 g/mol. The molecule has 2 aliphatic rings. The molecule has 7 heteroatoms. The number of amides is 1. The van der Waals surface area contributed by atoms with Crippen molar-refractivity contribution in [2.45, 2.75) is 31.7 Å². The zero-order valence-electron chi connectivity index (χ0n) is 15.3. The lowest BCUT2D eigenvalue weighted by molar-refractivity contribution is -0.127. The van der Waals surface area contributed by atoms with E-state index in [0.717, 1.165) is 48.8 Å². The summed E-state index contributed by atoms with van der Waals surface area (Å²) in [6.45, 7) is 6.01. The number of rotatable bonds is 5. The van der Waals surface area contributed by atoms with E-state index in [9.17, 15) is 4.79 Å². The number of aromatic amines is 1. The van der Waals surface area contributed by atoms with Crippen molar-refractivity contribution in [3.8, 4) is 0 Å². The van der Waals surface area contributed by atoms with Crippen LogP contribution in [0.4, 0.5) is 5.82 Å². The van der Waals surface area contributed by atoms with E-state index < -0.39 is 0 Å². The van der Waals surface area contributed by atoms with Gasteiger partial charge in [0, 0.05) is 39.0 Å². The van der Waals surface area contributed by atoms with Crippen molar-refractivity contribution in [2.24, 2.45) is 5.92 Å². The Labute approximate surface area is 153 Å². The van der Waals surface area contributed by atoms with Crippen LogP contribution in [-0.4, -0.2) is 58.6 Å². The van der Waals surface area contributed by atoms with Crippen molar-refractivity contribution in [1.82, 2.24) is 19.9 Å². The van der Waals surface area contributed by atoms with Gasteiger partial charge in [-0.25, -0.2) is 9.97 Å². The Balaban J connectivity index is 0.000000278. The van der Waals surface area contributed by atoms with E-state index in [0.29, 0.717) is 6.54 Å². The normalized spacial score (nSPS) is 19.6. The summed E-state index contributed by atoms with van der Waals surface area (Å²) >= 11 is 0. The van der Waals surface area contributed by atoms with Crippen molar-refractivity contribution in [1.29, 1.82) is 0 Å². The summed E-state index contributed by atoms with van der Waals surface area (Å²) < 4.78 is 4.87. The van der Waals surface area contributed by atoms with Gasteiger partial charge in [-0.3, -0.25) is 4.79 Å². The van der Waals surface area contributed by atoms with Gasteiger partial charge >= 0.3 is 0 Å². The van der Waals surface area contributed by atoms with Crippen molar-refractivity contribution < 1.29 is 9.53 Å². The van der Waals surface area contributed by atoms with Gasteiger partial charge in [0.25, 0.3) is 0 Å². The van der Waals surface area contributed by atoms with Gasteiger partial charge in [0.1, 0.15) is 17.8 Å². The lowest BCUT2D eigenvalue weighted by Crippen LogP contribution is -2.44. The number of hydrogen-bond acceptors (Lipinski definition) is 5. The summed E-state index contributed by atoms with van der Waals surface area (Å²) in [5.74, 6) is 1.73. The third-order valence-corrected chi connectivity index (χ3v) is 4.70. The van der Waals surface area contributed by atoms with E-state index in [1.807, 2.05) is 17.2 Å². The molecule has 1 saturated carbocycles. The Bertz CT molecular complexity index is 740. The number of anilines is 1. The van der Waals surface area contributed by atoms with Crippen molar-refractivity contribution >= 4 is 22.8 Å². The highest BCUT2D eigenvalue weighted by atomic mass is 16.5. The maximum absolute atomic E-state index is 11.7. The van der Waals surface area contributed by atoms with E-state index in [-0.39, 0.29) is 11.9 Å². The number of ether oxygens (including phenoxy) is 1. The lowest BCUT2D eigenvalue weighted by atomic mass is 10.1. The second kappa shape index (κ2) is 8.80. The third-order valence-electron chi connectivity index (χ3n) is 4.70. The molecule has 26 heavy (non-hydrogen) atoms. The topological polar surface area (TPSA) is 83.1 Å². The predicted octanol–water partition coefficient (Wildman–Crippen LogP) is 2.59. The number of nitrogens with zero attached hydrogens (tertiary/aromatic N) is 3. The SMILES string of the molecule is C=CC(=O)N1CCCC(Nc2ncnc3[nH]ccc23)C1.COCC1CC1. The molecule has 4 rings (SSSR count). The van der Waals surface area contributed by atoms with Crippen LogP contribution in [0.1, 0.15) is 25.7 Å². The number of carbonyl (C=O) groups excluding carboxylic acids is 1. The highest BCUT2D eigenvalue weighted by Crippen LogP contribution is 2.28. The second-order valence-electron chi connectivity index (χ2n) is 6.83.